The molecule has 0 aliphatic rings. The monoisotopic (exact) mass is 261 g/mol. The van der Waals surface area contributed by atoms with Crippen molar-refractivity contribution in [3.63, 3.8) is 0 Å². The van der Waals surface area contributed by atoms with Crippen LogP contribution in [0.4, 0.5) is 0 Å². The van der Waals surface area contributed by atoms with Gasteiger partial charge in [0.1, 0.15) is 5.56 Å². The predicted molar refractivity (Wildman–Crippen MR) is 74.6 cm³/mol. The summed E-state index contributed by atoms with van der Waals surface area (Å²) < 4.78 is 10.6. The van der Waals surface area contributed by atoms with Gasteiger partial charge in [0, 0.05) is 10.9 Å². The number of nitrogens with one attached hydrogen (secondary N) is 1. The van der Waals surface area contributed by atoms with Gasteiger partial charge in [-0.3, -0.25) is 0 Å². The van der Waals surface area contributed by atoms with E-state index in [2.05, 4.69) is 18.8 Å². The molecule has 0 radical (unpaired) electrons. The third-order valence-corrected chi connectivity index (χ3v) is 3.27. The van der Waals surface area contributed by atoms with Crippen molar-refractivity contribution in [2.45, 2.75) is 20.3 Å². The fourth-order valence-corrected chi connectivity index (χ4v) is 1.87. The Kier molecular flexibility index (Phi) is 4.10. The van der Waals surface area contributed by atoms with Crippen LogP contribution in [0.2, 0.25) is 0 Å². The van der Waals surface area contributed by atoms with E-state index in [0.717, 1.165) is 17.3 Å². The highest BCUT2D eigenvalue weighted by Gasteiger charge is 2.20. The zero-order chi connectivity index (χ0) is 13.8. The lowest BCUT2D eigenvalue weighted by Gasteiger charge is -2.10. The summed E-state index contributed by atoms with van der Waals surface area (Å²) in [5, 5.41) is 0.827. The number of carbonyl (C=O) groups excluding carboxylic acids is 1. The van der Waals surface area contributed by atoms with Crippen LogP contribution >= 0.6 is 0 Å². The maximum Gasteiger partial charge on any atom is 0.344 e. The SMILES string of the molecule is CCC(C)COc1[nH]c2ccccc2c1C(=O)OC. The Hall–Kier alpha value is -1.97. The Bertz CT molecular complexity index is 574. The number of H-pyrrole nitrogens is 1. The van der Waals surface area contributed by atoms with E-state index >= 15 is 0 Å². The van der Waals surface area contributed by atoms with E-state index in [1.807, 2.05) is 24.3 Å². The molecule has 2 rings (SSSR count). The minimum atomic E-state index is -0.378. The molecule has 1 atom stereocenters. The van der Waals surface area contributed by atoms with Crippen LogP contribution in [0.5, 0.6) is 5.88 Å². The number of rotatable bonds is 5. The summed E-state index contributed by atoms with van der Waals surface area (Å²) in [5.41, 5.74) is 1.35. The molecule has 2 aromatic rings. The molecule has 0 aliphatic heterocycles. The van der Waals surface area contributed by atoms with Crippen molar-refractivity contribution in [3.8, 4) is 5.88 Å². The van der Waals surface area contributed by atoms with E-state index in [-0.39, 0.29) is 5.97 Å². The summed E-state index contributed by atoms with van der Waals surface area (Å²) in [6.07, 6.45) is 1.04. The number of benzene rings is 1. The summed E-state index contributed by atoms with van der Waals surface area (Å²) in [7, 11) is 1.38. The number of hydrogen-bond acceptors (Lipinski definition) is 3. The van der Waals surface area contributed by atoms with Crippen molar-refractivity contribution in [1.82, 2.24) is 4.98 Å². The van der Waals surface area contributed by atoms with Crippen molar-refractivity contribution in [2.75, 3.05) is 13.7 Å². The van der Waals surface area contributed by atoms with Gasteiger partial charge in [0.05, 0.1) is 13.7 Å². The van der Waals surface area contributed by atoms with Crippen LogP contribution in [-0.2, 0) is 4.74 Å². The van der Waals surface area contributed by atoms with E-state index in [9.17, 15) is 4.79 Å². The van der Waals surface area contributed by atoms with Gasteiger partial charge in [-0.2, -0.15) is 0 Å². The van der Waals surface area contributed by atoms with E-state index < -0.39 is 0 Å². The van der Waals surface area contributed by atoms with Crippen molar-refractivity contribution in [1.29, 1.82) is 0 Å². The Balaban J connectivity index is 2.38. The molecule has 1 heterocycles. The quantitative estimate of drug-likeness (QED) is 0.839. The van der Waals surface area contributed by atoms with E-state index in [1.165, 1.54) is 7.11 Å². The molecule has 1 unspecified atom stereocenters. The third-order valence-electron chi connectivity index (χ3n) is 3.27. The molecule has 19 heavy (non-hydrogen) atoms. The summed E-state index contributed by atoms with van der Waals surface area (Å²) >= 11 is 0. The minimum absolute atomic E-state index is 0.378. The number of aromatic nitrogens is 1. The molecule has 4 heteroatoms. The van der Waals surface area contributed by atoms with Crippen LogP contribution in [0, 0.1) is 5.92 Å². The number of aromatic amines is 1. The predicted octanol–water partition coefficient (Wildman–Crippen LogP) is 3.38. The summed E-state index contributed by atoms with van der Waals surface area (Å²) in [4.78, 5) is 15.0. The molecular formula is C15H19NO3. The van der Waals surface area contributed by atoms with E-state index in [1.54, 1.807) is 0 Å². The molecule has 0 aliphatic carbocycles. The first-order valence-corrected chi connectivity index (χ1v) is 6.49. The number of hydrogen-bond donors (Lipinski definition) is 1. The maximum absolute atomic E-state index is 11.9. The standard InChI is InChI=1S/C15H19NO3/c1-4-10(2)9-19-14-13(15(17)18-3)11-7-5-6-8-12(11)16-14/h5-8,10,16H,4,9H2,1-3H3. The highest BCUT2D eigenvalue weighted by Crippen LogP contribution is 2.29. The van der Waals surface area contributed by atoms with Crippen LogP contribution in [-0.4, -0.2) is 24.7 Å². The van der Waals surface area contributed by atoms with Crippen LogP contribution in [0.25, 0.3) is 10.9 Å². The first kappa shape index (κ1) is 13.5. The van der Waals surface area contributed by atoms with Gasteiger partial charge in [0.15, 0.2) is 0 Å². The number of methoxy groups -OCH3 is 1. The normalized spacial score (nSPS) is 12.4. The molecular weight excluding hydrogens is 242 g/mol. The molecule has 4 nitrogen and oxygen atoms in total. The Morgan fingerprint density at radius 2 is 2.11 bits per heavy atom. The first-order chi connectivity index (χ1) is 9.17. The molecule has 1 N–H and O–H groups in total. The zero-order valence-corrected chi connectivity index (χ0v) is 11.5. The molecule has 0 fully saturated rings. The number of fused-ring (bicyclic) bond motifs is 1. The average Bonchev–Trinajstić information content (AvgIpc) is 2.82. The topological polar surface area (TPSA) is 51.3 Å². The minimum Gasteiger partial charge on any atom is -0.478 e. The molecule has 0 amide bonds. The Morgan fingerprint density at radius 3 is 2.79 bits per heavy atom. The zero-order valence-electron chi connectivity index (χ0n) is 11.5. The van der Waals surface area contributed by atoms with Gasteiger partial charge in [-0.1, -0.05) is 38.5 Å². The second kappa shape index (κ2) is 5.78. The van der Waals surface area contributed by atoms with E-state index in [4.69, 9.17) is 9.47 Å². The summed E-state index contributed by atoms with van der Waals surface area (Å²) in [6, 6.07) is 7.60. The average molecular weight is 261 g/mol. The van der Waals surface area contributed by atoms with Gasteiger partial charge >= 0.3 is 5.97 Å². The number of esters is 1. The highest BCUT2D eigenvalue weighted by atomic mass is 16.5. The molecule has 0 saturated heterocycles. The van der Waals surface area contributed by atoms with Crippen LogP contribution in [0.3, 0.4) is 0 Å². The van der Waals surface area contributed by atoms with Crippen LogP contribution in [0.1, 0.15) is 30.6 Å². The number of para-hydroxylation sites is 1. The lowest BCUT2D eigenvalue weighted by atomic mass is 10.1. The fourth-order valence-electron chi connectivity index (χ4n) is 1.87. The lowest BCUT2D eigenvalue weighted by molar-refractivity contribution is 0.0597. The molecule has 0 spiro atoms. The molecule has 1 aromatic heterocycles. The van der Waals surface area contributed by atoms with Gasteiger partial charge in [-0.25, -0.2) is 4.79 Å². The molecule has 102 valence electrons. The lowest BCUT2D eigenvalue weighted by Crippen LogP contribution is -2.10. The second-order valence-corrected chi connectivity index (χ2v) is 4.69. The first-order valence-electron chi connectivity index (χ1n) is 6.49. The fraction of sp³-hybridized carbons (Fsp3) is 0.400. The van der Waals surface area contributed by atoms with Crippen molar-refractivity contribution in [2.24, 2.45) is 5.92 Å². The maximum atomic E-state index is 11.9. The van der Waals surface area contributed by atoms with Gasteiger partial charge in [-0.15, -0.1) is 0 Å². The molecule has 0 saturated carbocycles. The van der Waals surface area contributed by atoms with Gasteiger partial charge < -0.3 is 14.5 Å². The largest absolute Gasteiger partial charge is 0.478 e. The van der Waals surface area contributed by atoms with Gasteiger partial charge in [0.25, 0.3) is 0 Å². The van der Waals surface area contributed by atoms with Crippen molar-refractivity contribution < 1.29 is 14.3 Å². The summed E-state index contributed by atoms with van der Waals surface area (Å²) in [6.45, 7) is 4.80. The second-order valence-electron chi connectivity index (χ2n) is 4.69. The summed E-state index contributed by atoms with van der Waals surface area (Å²) in [5.74, 6) is 0.557. The number of ether oxygens (including phenoxy) is 2. The Morgan fingerprint density at radius 1 is 1.37 bits per heavy atom. The number of carbonyl (C=O) groups is 1. The highest BCUT2D eigenvalue weighted by molar-refractivity contribution is 6.06. The van der Waals surface area contributed by atoms with Gasteiger partial charge in [-0.05, 0) is 12.0 Å². The van der Waals surface area contributed by atoms with Crippen molar-refractivity contribution >= 4 is 16.9 Å². The van der Waals surface area contributed by atoms with Crippen molar-refractivity contribution in [3.05, 3.63) is 29.8 Å². The van der Waals surface area contributed by atoms with Gasteiger partial charge in [0.2, 0.25) is 5.88 Å². The van der Waals surface area contributed by atoms with Crippen LogP contribution < -0.4 is 4.74 Å². The Labute approximate surface area is 112 Å². The third kappa shape index (κ3) is 2.72. The molecule has 1 aromatic carbocycles. The van der Waals surface area contributed by atoms with Crippen LogP contribution in [0.15, 0.2) is 24.3 Å². The molecule has 0 bridgehead atoms. The smallest absolute Gasteiger partial charge is 0.344 e. The van der Waals surface area contributed by atoms with E-state index in [0.29, 0.717) is 24.0 Å².